The van der Waals surface area contributed by atoms with E-state index in [1.807, 2.05) is 6.07 Å². The molecule has 1 aromatic carbocycles. The molecular weight excluding hydrogens is 418 g/mol. The average Bonchev–Trinajstić information content (AvgIpc) is 3.12. The van der Waals surface area contributed by atoms with Crippen molar-refractivity contribution >= 4 is 11.9 Å². The second-order valence-electron chi connectivity index (χ2n) is 9.52. The van der Waals surface area contributed by atoms with Crippen LogP contribution in [0, 0.1) is 5.92 Å². The van der Waals surface area contributed by atoms with Gasteiger partial charge >= 0.3 is 11.9 Å². The Labute approximate surface area is 197 Å². The minimum absolute atomic E-state index is 0.0393. The van der Waals surface area contributed by atoms with Crippen LogP contribution >= 0.6 is 0 Å². The van der Waals surface area contributed by atoms with Crippen LogP contribution in [-0.2, 0) is 21.4 Å². The van der Waals surface area contributed by atoms with E-state index in [0.29, 0.717) is 17.7 Å². The molecule has 182 valence electrons. The van der Waals surface area contributed by atoms with E-state index in [4.69, 9.17) is 14.6 Å². The fraction of sp³-hybridized carbons (Fsp3) is 0.630. The largest absolute Gasteiger partial charge is 0.485 e. The van der Waals surface area contributed by atoms with Crippen LogP contribution < -0.4 is 9.47 Å². The highest BCUT2D eigenvalue weighted by Crippen LogP contribution is 2.59. The summed E-state index contributed by atoms with van der Waals surface area (Å²) in [7, 11) is 2.18. The number of ether oxygens (including phenoxy) is 2. The molecule has 0 radical (unpaired) electrons. The summed E-state index contributed by atoms with van der Waals surface area (Å²) in [6, 6.07) is 4.30. The van der Waals surface area contributed by atoms with Crippen molar-refractivity contribution in [1.82, 2.24) is 4.90 Å². The van der Waals surface area contributed by atoms with Crippen molar-refractivity contribution in [2.24, 2.45) is 5.92 Å². The summed E-state index contributed by atoms with van der Waals surface area (Å²) < 4.78 is 12.2. The molecule has 1 saturated heterocycles. The summed E-state index contributed by atoms with van der Waals surface area (Å²) in [4.78, 5) is 25.5. The van der Waals surface area contributed by atoms with Gasteiger partial charge in [0.2, 0.25) is 0 Å². The minimum Gasteiger partial charge on any atom is -0.485 e. The third kappa shape index (κ3) is 4.81. The van der Waals surface area contributed by atoms with Crippen molar-refractivity contribution in [1.29, 1.82) is 0 Å². The summed E-state index contributed by atoms with van der Waals surface area (Å²) in [6.07, 6.45) is 8.98. The number of likely N-dealkylation sites (tertiary alicyclic amines) is 1. The Kier molecular flexibility index (Phi) is 8.22. The summed E-state index contributed by atoms with van der Waals surface area (Å²) in [5, 5.41) is 8.79. The lowest BCUT2D eigenvalue weighted by Crippen LogP contribution is -2.58. The molecule has 2 heterocycles. The predicted molar refractivity (Wildman–Crippen MR) is 129 cm³/mol. The zero-order chi connectivity index (χ0) is 24.2. The average molecular weight is 458 g/mol. The Hall–Kier alpha value is -2.34. The van der Waals surface area contributed by atoms with E-state index in [1.54, 1.807) is 0 Å². The summed E-state index contributed by atoms with van der Waals surface area (Å²) >= 11 is 0. The lowest BCUT2D eigenvalue weighted by molar-refractivity contribution is -0.137. The first kappa shape index (κ1) is 25.3. The molecule has 1 N–H and O–H groups in total. The SMILES string of the molecule is CCC.CCc1ccc(OC(=O)CCCC(=O)O)c2c1[C@]13CCN(C)[C@H](C)[C@@H]1C=CC[C@@H]3O2. The number of aryl methyl sites for hydroxylation is 1. The number of carboxylic acid groups (broad SMARTS) is 1. The molecule has 6 nitrogen and oxygen atoms in total. The zero-order valence-corrected chi connectivity index (χ0v) is 20.7. The van der Waals surface area contributed by atoms with E-state index in [9.17, 15) is 9.59 Å². The van der Waals surface area contributed by atoms with Gasteiger partial charge in [-0.25, -0.2) is 0 Å². The molecule has 33 heavy (non-hydrogen) atoms. The third-order valence-corrected chi connectivity index (χ3v) is 7.27. The summed E-state index contributed by atoms with van der Waals surface area (Å²) in [5.74, 6) is 0.221. The number of rotatable bonds is 6. The van der Waals surface area contributed by atoms with Gasteiger partial charge in [0.15, 0.2) is 11.5 Å². The molecule has 1 aliphatic carbocycles. The number of nitrogens with zero attached hydrogens (tertiary/aromatic N) is 1. The summed E-state index contributed by atoms with van der Waals surface area (Å²) in [5.41, 5.74) is 2.39. The van der Waals surface area contributed by atoms with Crippen molar-refractivity contribution in [3.05, 3.63) is 35.4 Å². The third-order valence-electron chi connectivity index (χ3n) is 7.27. The highest BCUT2D eigenvalue weighted by molar-refractivity contribution is 5.75. The van der Waals surface area contributed by atoms with E-state index < -0.39 is 11.9 Å². The second kappa shape index (κ2) is 10.7. The number of piperidine rings is 1. The molecule has 4 atom stereocenters. The molecule has 0 amide bonds. The Morgan fingerprint density at radius 3 is 2.64 bits per heavy atom. The van der Waals surface area contributed by atoms with Gasteiger partial charge in [-0.05, 0) is 51.4 Å². The standard InChI is InChI=1S/C24H31NO5.C3H8/c1-4-16-11-12-18(29-21(28)10-6-9-20(26)27)23-22(16)24-13-14-25(3)15(2)17(24)7-5-8-19(24)30-23;1-3-2/h5,7,11-12,15,17,19H,4,6,8-10,13-14H2,1-3H3,(H,26,27);3H2,1-2H3/t15-,17+,19+,24-;/m1./s1. The first-order valence-electron chi connectivity index (χ1n) is 12.4. The molecule has 3 aliphatic rings. The van der Waals surface area contributed by atoms with E-state index in [1.165, 1.54) is 17.5 Å². The van der Waals surface area contributed by atoms with Crippen molar-refractivity contribution in [2.75, 3.05) is 13.6 Å². The monoisotopic (exact) mass is 457 g/mol. The first-order valence-corrected chi connectivity index (χ1v) is 12.4. The van der Waals surface area contributed by atoms with Crippen molar-refractivity contribution < 1.29 is 24.2 Å². The fourth-order valence-corrected chi connectivity index (χ4v) is 5.62. The van der Waals surface area contributed by atoms with Gasteiger partial charge in [-0.15, -0.1) is 0 Å². The van der Waals surface area contributed by atoms with Crippen LogP contribution in [0.5, 0.6) is 11.5 Å². The van der Waals surface area contributed by atoms with Gasteiger partial charge in [0, 0.05) is 42.2 Å². The van der Waals surface area contributed by atoms with Gasteiger partial charge in [0.25, 0.3) is 0 Å². The molecule has 0 saturated carbocycles. The number of carboxylic acids is 1. The van der Waals surface area contributed by atoms with Gasteiger partial charge in [-0.1, -0.05) is 45.4 Å². The molecule has 0 unspecified atom stereocenters. The Morgan fingerprint density at radius 2 is 1.97 bits per heavy atom. The van der Waals surface area contributed by atoms with Crippen LogP contribution in [0.25, 0.3) is 0 Å². The maximum absolute atomic E-state index is 12.3. The van der Waals surface area contributed by atoms with Crippen LogP contribution in [0.2, 0.25) is 0 Å². The highest BCUT2D eigenvalue weighted by Gasteiger charge is 2.59. The molecule has 0 aromatic heterocycles. The van der Waals surface area contributed by atoms with Gasteiger partial charge in [-0.3, -0.25) is 9.59 Å². The number of aliphatic carboxylic acids is 1. The Bertz CT molecular complexity index is 895. The Balaban J connectivity index is 0.000000968. The molecule has 6 heteroatoms. The number of carbonyl (C=O) groups is 2. The first-order chi connectivity index (χ1) is 15.8. The number of fused-ring (bicyclic) bond motifs is 1. The number of hydrogen-bond acceptors (Lipinski definition) is 5. The normalized spacial score (nSPS) is 27.4. The number of hydrogen-bond donors (Lipinski definition) is 1. The smallest absolute Gasteiger partial charge is 0.311 e. The Morgan fingerprint density at radius 1 is 1.24 bits per heavy atom. The maximum Gasteiger partial charge on any atom is 0.311 e. The minimum atomic E-state index is -0.905. The van der Waals surface area contributed by atoms with Gasteiger partial charge in [-0.2, -0.15) is 0 Å². The zero-order valence-electron chi connectivity index (χ0n) is 20.7. The van der Waals surface area contributed by atoms with Crippen LogP contribution in [0.4, 0.5) is 0 Å². The van der Waals surface area contributed by atoms with E-state index in [0.717, 1.165) is 31.6 Å². The van der Waals surface area contributed by atoms with Gasteiger partial charge < -0.3 is 19.5 Å². The fourth-order valence-electron chi connectivity index (χ4n) is 5.62. The molecule has 0 bridgehead atoms. The number of benzene rings is 1. The lowest BCUT2D eigenvalue weighted by atomic mass is 9.57. The highest BCUT2D eigenvalue weighted by atomic mass is 16.6. The molecule has 2 aliphatic heterocycles. The van der Waals surface area contributed by atoms with Gasteiger partial charge in [0.05, 0.1) is 0 Å². The number of carbonyl (C=O) groups excluding carboxylic acids is 1. The van der Waals surface area contributed by atoms with Gasteiger partial charge in [0.1, 0.15) is 6.10 Å². The van der Waals surface area contributed by atoms with E-state index in [2.05, 4.69) is 57.9 Å². The van der Waals surface area contributed by atoms with Crippen molar-refractivity contribution in [3.63, 3.8) is 0 Å². The second-order valence-corrected chi connectivity index (χ2v) is 9.52. The predicted octanol–water partition coefficient (Wildman–Crippen LogP) is 5.12. The van der Waals surface area contributed by atoms with E-state index >= 15 is 0 Å². The number of esters is 1. The topological polar surface area (TPSA) is 76.1 Å². The van der Waals surface area contributed by atoms with E-state index in [-0.39, 0.29) is 30.8 Å². The molecule has 1 aromatic rings. The van der Waals surface area contributed by atoms with Crippen LogP contribution in [-0.4, -0.2) is 47.7 Å². The summed E-state index contributed by atoms with van der Waals surface area (Å²) in [6.45, 7) is 9.70. The van der Waals surface area contributed by atoms with Crippen LogP contribution in [0.15, 0.2) is 24.3 Å². The lowest BCUT2D eigenvalue weighted by Gasteiger charge is -2.52. The van der Waals surface area contributed by atoms with Crippen molar-refractivity contribution in [3.8, 4) is 11.5 Å². The van der Waals surface area contributed by atoms with Crippen molar-refractivity contribution in [2.45, 2.75) is 90.2 Å². The molecular formula is C27H39NO5. The van der Waals surface area contributed by atoms with Crippen LogP contribution in [0.1, 0.15) is 77.3 Å². The quantitative estimate of drug-likeness (QED) is 0.363. The molecule has 1 spiro atoms. The molecule has 1 fully saturated rings. The van der Waals surface area contributed by atoms with Crippen LogP contribution in [0.3, 0.4) is 0 Å². The molecule has 4 rings (SSSR count). The maximum atomic E-state index is 12.3.